The summed E-state index contributed by atoms with van der Waals surface area (Å²) in [6.45, 7) is 1.38. The summed E-state index contributed by atoms with van der Waals surface area (Å²) in [6, 6.07) is 7.99. The zero-order valence-corrected chi connectivity index (χ0v) is 14.0. The Morgan fingerprint density at radius 3 is 2.54 bits per heavy atom. The smallest absolute Gasteiger partial charge is 0.495 e. The van der Waals surface area contributed by atoms with Gasteiger partial charge in [0.25, 0.3) is 5.91 Å². The van der Waals surface area contributed by atoms with Gasteiger partial charge in [0, 0.05) is 6.07 Å². The summed E-state index contributed by atoms with van der Waals surface area (Å²) in [7, 11) is 1.52. The molecule has 0 fully saturated rings. The van der Waals surface area contributed by atoms with E-state index in [1.54, 1.807) is 19.1 Å². The molecule has 140 valence electrons. The van der Waals surface area contributed by atoms with Gasteiger partial charge < -0.3 is 19.5 Å². The fraction of sp³-hybridized carbons (Fsp3) is 0.294. The number of carbonyl (C=O) groups is 1. The number of halogens is 3. The lowest BCUT2D eigenvalue weighted by Crippen LogP contribution is -2.31. The summed E-state index contributed by atoms with van der Waals surface area (Å²) < 4.78 is 50.6. The first kappa shape index (κ1) is 19.4. The molecule has 1 aromatic carbocycles. The minimum absolute atomic E-state index is 0.0807. The summed E-state index contributed by atoms with van der Waals surface area (Å²) in [4.78, 5) is 16.1. The van der Waals surface area contributed by atoms with Crippen molar-refractivity contribution in [3.05, 3.63) is 48.3 Å². The fourth-order valence-corrected chi connectivity index (χ4v) is 2.04. The summed E-state index contributed by atoms with van der Waals surface area (Å²) >= 11 is 0. The Morgan fingerprint density at radius 1 is 1.19 bits per heavy atom. The lowest BCUT2D eigenvalue weighted by molar-refractivity contribution is -0.274. The molecule has 1 aromatic heterocycles. The van der Waals surface area contributed by atoms with Crippen molar-refractivity contribution < 1.29 is 32.2 Å². The molecule has 2 aromatic rings. The minimum Gasteiger partial charge on any atom is -0.495 e. The van der Waals surface area contributed by atoms with Gasteiger partial charge in [-0.05, 0) is 31.2 Å². The van der Waals surface area contributed by atoms with Crippen molar-refractivity contribution in [1.29, 1.82) is 0 Å². The van der Waals surface area contributed by atoms with Crippen molar-refractivity contribution in [2.45, 2.75) is 19.3 Å². The van der Waals surface area contributed by atoms with Crippen LogP contribution in [-0.2, 0) is 4.79 Å². The quantitative estimate of drug-likeness (QED) is 0.810. The molecular formula is C17H17F3N2O4. The zero-order valence-electron chi connectivity index (χ0n) is 14.0. The molecule has 0 bridgehead atoms. The molecule has 9 heteroatoms. The van der Waals surface area contributed by atoms with Gasteiger partial charge in [-0.1, -0.05) is 6.07 Å². The van der Waals surface area contributed by atoms with Gasteiger partial charge in [-0.15, -0.1) is 13.2 Å². The molecule has 0 unspecified atom stereocenters. The number of rotatable bonds is 7. The van der Waals surface area contributed by atoms with Crippen molar-refractivity contribution in [3.63, 3.8) is 0 Å². The number of methoxy groups -OCH3 is 1. The first-order valence-electron chi connectivity index (χ1n) is 7.55. The molecule has 0 radical (unpaired) electrons. The van der Waals surface area contributed by atoms with Crippen LogP contribution in [0.5, 0.6) is 17.2 Å². The maximum absolute atomic E-state index is 12.2. The lowest BCUT2D eigenvalue weighted by Gasteiger charge is -2.14. The fourth-order valence-electron chi connectivity index (χ4n) is 2.04. The summed E-state index contributed by atoms with van der Waals surface area (Å²) in [6.07, 6.45) is -3.27. The summed E-state index contributed by atoms with van der Waals surface area (Å²) in [5.74, 6) is -0.197. The van der Waals surface area contributed by atoms with Gasteiger partial charge in [0.05, 0.1) is 25.0 Å². The van der Waals surface area contributed by atoms with Crippen LogP contribution in [0.4, 0.5) is 13.2 Å². The Hall–Kier alpha value is -2.97. The minimum atomic E-state index is -4.79. The largest absolute Gasteiger partial charge is 0.573 e. The number of pyridine rings is 1. The van der Waals surface area contributed by atoms with E-state index in [1.165, 1.54) is 25.4 Å². The van der Waals surface area contributed by atoms with Crippen molar-refractivity contribution in [3.8, 4) is 17.2 Å². The van der Waals surface area contributed by atoms with Crippen LogP contribution in [0.2, 0.25) is 0 Å². The van der Waals surface area contributed by atoms with Crippen LogP contribution >= 0.6 is 0 Å². The van der Waals surface area contributed by atoms with Gasteiger partial charge in [0.15, 0.2) is 6.61 Å². The third-order valence-corrected chi connectivity index (χ3v) is 3.23. The van der Waals surface area contributed by atoms with E-state index in [0.29, 0.717) is 11.4 Å². The van der Waals surface area contributed by atoms with E-state index in [0.717, 1.165) is 12.1 Å². The maximum Gasteiger partial charge on any atom is 0.573 e. The Morgan fingerprint density at radius 2 is 1.92 bits per heavy atom. The normalized spacial score (nSPS) is 12.2. The van der Waals surface area contributed by atoms with Crippen LogP contribution in [0.15, 0.2) is 42.6 Å². The number of hydrogen-bond acceptors (Lipinski definition) is 5. The Labute approximate surface area is 147 Å². The molecule has 2 rings (SSSR count). The summed E-state index contributed by atoms with van der Waals surface area (Å²) in [5.41, 5.74) is 0.625. The van der Waals surface area contributed by atoms with Crippen molar-refractivity contribution in [2.75, 3.05) is 13.7 Å². The third kappa shape index (κ3) is 6.15. The van der Waals surface area contributed by atoms with Gasteiger partial charge in [-0.25, -0.2) is 0 Å². The van der Waals surface area contributed by atoms with Gasteiger partial charge in [0.2, 0.25) is 0 Å². The number of benzene rings is 1. The second-order valence-corrected chi connectivity index (χ2v) is 5.22. The van der Waals surface area contributed by atoms with E-state index in [9.17, 15) is 18.0 Å². The Kier molecular flexibility index (Phi) is 6.26. The van der Waals surface area contributed by atoms with E-state index < -0.39 is 18.0 Å². The standard InChI is InChI=1S/C17H17F3N2O4/c1-11(15-7-6-14(24-2)9-21-15)22-16(23)10-25-12-4-3-5-13(8-12)26-17(18,19)20/h3-9,11H,10H2,1-2H3,(H,22,23)/t11-/m1/s1. The molecule has 0 saturated carbocycles. The molecule has 1 N–H and O–H groups in total. The molecular weight excluding hydrogens is 353 g/mol. The second-order valence-electron chi connectivity index (χ2n) is 5.22. The number of nitrogens with zero attached hydrogens (tertiary/aromatic N) is 1. The first-order valence-corrected chi connectivity index (χ1v) is 7.55. The zero-order chi connectivity index (χ0) is 19.2. The molecule has 0 aliphatic carbocycles. The van der Waals surface area contributed by atoms with E-state index in [4.69, 9.17) is 9.47 Å². The molecule has 26 heavy (non-hydrogen) atoms. The predicted octanol–water partition coefficient (Wildman–Crippen LogP) is 3.25. The van der Waals surface area contributed by atoms with Gasteiger partial charge in [-0.3, -0.25) is 9.78 Å². The predicted molar refractivity (Wildman–Crippen MR) is 86.0 cm³/mol. The Balaban J connectivity index is 1.87. The van der Waals surface area contributed by atoms with E-state index in [2.05, 4.69) is 15.0 Å². The molecule has 6 nitrogen and oxygen atoms in total. The molecule has 1 atom stereocenters. The molecule has 1 amide bonds. The topological polar surface area (TPSA) is 69.7 Å². The highest BCUT2D eigenvalue weighted by atomic mass is 19.4. The molecule has 0 aliphatic rings. The van der Waals surface area contributed by atoms with Crippen LogP contribution in [-0.4, -0.2) is 31.0 Å². The van der Waals surface area contributed by atoms with Crippen molar-refractivity contribution >= 4 is 5.91 Å². The average molecular weight is 370 g/mol. The first-order chi connectivity index (χ1) is 12.3. The highest BCUT2D eigenvalue weighted by Crippen LogP contribution is 2.26. The van der Waals surface area contributed by atoms with Crippen LogP contribution < -0.4 is 19.5 Å². The Bertz CT molecular complexity index is 736. The summed E-state index contributed by atoms with van der Waals surface area (Å²) in [5, 5.41) is 2.68. The number of aromatic nitrogens is 1. The lowest BCUT2D eigenvalue weighted by atomic mass is 10.2. The monoisotopic (exact) mass is 370 g/mol. The van der Waals surface area contributed by atoms with Crippen LogP contribution in [0, 0.1) is 0 Å². The van der Waals surface area contributed by atoms with E-state index >= 15 is 0 Å². The SMILES string of the molecule is COc1ccc([C@@H](C)NC(=O)COc2cccc(OC(F)(F)F)c2)nc1. The van der Waals surface area contributed by atoms with Crippen LogP contribution in [0.1, 0.15) is 18.7 Å². The molecule has 1 heterocycles. The van der Waals surface area contributed by atoms with E-state index in [1.807, 2.05) is 0 Å². The molecule has 0 saturated heterocycles. The highest BCUT2D eigenvalue weighted by molar-refractivity contribution is 5.77. The van der Waals surface area contributed by atoms with Gasteiger partial charge >= 0.3 is 6.36 Å². The number of ether oxygens (including phenoxy) is 3. The third-order valence-electron chi connectivity index (χ3n) is 3.23. The molecule has 0 aliphatic heterocycles. The highest BCUT2D eigenvalue weighted by Gasteiger charge is 2.31. The number of amides is 1. The van der Waals surface area contributed by atoms with Gasteiger partial charge in [0.1, 0.15) is 17.2 Å². The second kappa shape index (κ2) is 8.41. The number of carbonyl (C=O) groups excluding carboxylic acids is 1. The number of hydrogen-bond donors (Lipinski definition) is 1. The van der Waals surface area contributed by atoms with Crippen molar-refractivity contribution in [1.82, 2.24) is 10.3 Å². The molecule has 0 spiro atoms. The van der Waals surface area contributed by atoms with Crippen molar-refractivity contribution in [2.24, 2.45) is 0 Å². The van der Waals surface area contributed by atoms with Gasteiger partial charge in [-0.2, -0.15) is 0 Å². The number of nitrogens with one attached hydrogen (secondary N) is 1. The maximum atomic E-state index is 12.2. The van der Waals surface area contributed by atoms with Crippen LogP contribution in [0.3, 0.4) is 0 Å². The number of alkyl halides is 3. The van der Waals surface area contributed by atoms with Crippen LogP contribution in [0.25, 0.3) is 0 Å². The average Bonchev–Trinajstić information content (AvgIpc) is 2.59. The van der Waals surface area contributed by atoms with E-state index in [-0.39, 0.29) is 18.4 Å².